The van der Waals surface area contributed by atoms with Crippen molar-refractivity contribution in [2.24, 2.45) is 0 Å². The molecule has 1 aliphatic rings. The first-order chi connectivity index (χ1) is 13.2. The van der Waals surface area contributed by atoms with Crippen LogP contribution in [0.15, 0.2) is 46.0 Å². The highest BCUT2D eigenvalue weighted by atomic mass is 32.2. The summed E-state index contributed by atoms with van der Waals surface area (Å²) in [6, 6.07) is 12.1. The van der Waals surface area contributed by atoms with E-state index in [0.717, 1.165) is 23.3 Å². The number of nitrogens with zero attached hydrogens (tertiary/aromatic N) is 3. The maximum absolute atomic E-state index is 11.7. The van der Waals surface area contributed by atoms with E-state index in [4.69, 9.17) is 9.15 Å². The zero-order valence-corrected chi connectivity index (χ0v) is 16.2. The third-order valence-electron chi connectivity index (χ3n) is 4.59. The molecular formula is C20H21N3O3S. The summed E-state index contributed by atoms with van der Waals surface area (Å²) < 4.78 is 12.7. The van der Waals surface area contributed by atoms with Gasteiger partial charge in [-0.15, -0.1) is 10.2 Å². The Kier molecular flexibility index (Phi) is 5.03. The van der Waals surface area contributed by atoms with Crippen LogP contribution < -0.4 is 0 Å². The van der Waals surface area contributed by atoms with E-state index in [9.17, 15) is 4.79 Å². The van der Waals surface area contributed by atoms with Gasteiger partial charge in [0.2, 0.25) is 0 Å². The molecule has 0 bridgehead atoms. The van der Waals surface area contributed by atoms with Gasteiger partial charge in [-0.1, -0.05) is 42.1 Å². The average Bonchev–Trinajstić information content (AvgIpc) is 3.35. The molecule has 0 N–H and O–H groups in total. The number of ether oxygens (including phenoxy) is 1. The molecule has 2 aromatic heterocycles. The summed E-state index contributed by atoms with van der Waals surface area (Å²) in [6.45, 7) is 2.52. The number of benzene rings is 1. The molecule has 2 heterocycles. The minimum atomic E-state index is -0.379. The predicted molar refractivity (Wildman–Crippen MR) is 102 cm³/mol. The minimum absolute atomic E-state index is 0.379. The van der Waals surface area contributed by atoms with Gasteiger partial charge in [-0.3, -0.25) is 0 Å². The second kappa shape index (κ2) is 7.60. The number of aromatic nitrogens is 3. The lowest BCUT2D eigenvalue weighted by atomic mass is 10.2. The van der Waals surface area contributed by atoms with Gasteiger partial charge in [-0.05, 0) is 31.4 Å². The Labute approximate surface area is 161 Å². The number of methoxy groups -OCH3 is 1. The molecule has 4 rings (SSSR count). The lowest BCUT2D eigenvalue weighted by Gasteiger charge is -2.09. The summed E-state index contributed by atoms with van der Waals surface area (Å²) in [7, 11) is 1.37. The van der Waals surface area contributed by atoms with Gasteiger partial charge in [0.15, 0.2) is 5.16 Å². The van der Waals surface area contributed by atoms with E-state index < -0.39 is 0 Å². The normalized spacial score (nSPS) is 13.7. The molecule has 140 valence electrons. The molecule has 0 spiro atoms. The van der Waals surface area contributed by atoms with Crippen molar-refractivity contribution < 1.29 is 13.9 Å². The molecule has 0 saturated heterocycles. The second-order valence-corrected chi connectivity index (χ2v) is 7.59. The Morgan fingerprint density at radius 1 is 1.30 bits per heavy atom. The van der Waals surface area contributed by atoms with Crippen LogP contribution in [0.1, 0.15) is 52.0 Å². The van der Waals surface area contributed by atoms with Crippen LogP contribution in [0.5, 0.6) is 0 Å². The molecule has 6 nitrogen and oxygen atoms in total. The lowest BCUT2D eigenvalue weighted by Crippen LogP contribution is -2.06. The predicted octanol–water partition coefficient (Wildman–Crippen LogP) is 4.18. The summed E-state index contributed by atoms with van der Waals surface area (Å²) in [6.07, 6.45) is 2.36. The van der Waals surface area contributed by atoms with Crippen molar-refractivity contribution >= 4 is 17.7 Å². The standard InChI is InChI=1S/C20H21N3O3S/c1-13-17(19(24)25-2)10-16(26-13)12-27-20-22-21-18(15-8-9-15)23(20)11-14-6-4-3-5-7-14/h3-7,10,15H,8-9,11-12H2,1-2H3. The van der Waals surface area contributed by atoms with E-state index in [0.29, 0.717) is 23.0 Å². The first kappa shape index (κ1) is 17.9. The smallest absolute Gasteiger partial charge is 0.341 e. The summed E-state index contributed by atoms with van der Waals surface area (Å²) >= 11 is 1.57. The number of esters is 1. The maximum Gasteiger partial charge on any atom is 0.341 e. The largest absolute Gasteiger partial charge is 0.465 e. The Morgan fingerprint density at radius 2 is 2.07 bits per heavy atom. The van der Waals surface area contributed by atoms with Gasteiger partial charge in [-0.25, -0.2) is 4.79 Å². The number of carbonyl (C=O) groups is 1. The van der Waals surface area contributed by atoms with E-state index in [2.05, 4.69) is 26.9 Å². The van der Waals surface area contributed by atoms with Crippen molar-refractivity contribution in [1.82, 2.24) is 14.8 Å². The summed E-state index contributed by atoms with van der Waals surface area (Å²) in [5.41, 5.74) is 1.69. The van der Waals surface area contributed by atoms with Gasteiger partial charge < -0.3 is 13.7 Å². The van der Waals surface area contributed by atoms with Gasteiger partial charge >= 0.3 is 5.97 Å². The van der Waals surface area contributed by atoms with Crippen LogP contribution in [0.3, 0.4) is 0 Å². The van der Waals surface area contributed by atoms with Crippen LogP contribution in [0, 0.1) is 6.92 Å². The van der Waals surface area contributed by atoms with Gasteiger partial charge in [0, 0.05) is 5.92 Å². The molecule has 1 aromatic carbocycles. The highest BCUT2D eigenvalue weighted by molar-refractivity contribution is 7.98. The quantitative estimate of drug-likeness (QED) is 0.450. The number of thioether (sulfide) groups is 1. The van der Waals surface area contributed by atoms with E-state index in [1.54, 1.807) is 24.8 Å². The summed E-state index contributed by atoms with van der Waals surface area (Å²) in [5, 5.41) is 9.72. The molecule has 0 atom stereocenters. The van der Waals surface area contributed by atoms with Crippen molar-refractivity contribution in [3.05, 3.63) is 64.9 Å². The van der Waals surface area contributed by atoms with Crippen LogP contribution >= 0.6 is 11.8 Å². The van der Waals surface area contributed by atoms with E-state index in [1.165, 1.54) is 25.5 Å². The maximum atomic E-state index is 11.7. The fourth-order valence-corrected chi connectivity index (χ4v) is 3.85. The molecule has 3 aromatic rings. The molecule has 27 heavy (non-hydrogen) atoms. The third-order valence-corrected chi connectivity index (χ3v) is 5.58. The highest BCUT2D eigenvalue weighted by Gasteiger charge is 2.30. The van der Waals surface area contributed by atoms with Crippen LogP contribution in [-0.4, -0.2) is 27.8 Å². The summed E-state index contributed by atoms with van der Waals surface area (Å²) in [5.74, 6) is 3.08. The van der Waals surface area contributed by atoms with Crippen molar-refractivity contribution in [3.63, 3.8) is 0 Å². The molecule has 1 aliphatic carbocycles. The fraction of sp³-hybridized carbons (Fsp3) is 0.350. The Balaban J connectivity index is 1.53. The van der Waals surface area contributed by atoms with E-state index >= 15 is 0 Å². The van der Waals surface area contributed by atoms with Gasteiger partial charge in [-0.2, -0.15) is 0 Å². The number of hydrogen-bond donors (Lipinski definition) is 0. The molecule has 0 amide bonds. The monoisotopic (exact) mass is 383 g/mol. The van der Waals surface area contributed by atoms with Gasteiger partial charge in [0.25, 0.3) is 0 Å². The third kappa shape index (κ3) is 3.93. The number of carbonyl (C=O) groups excluding carboxylic acids is 1. The SMILES string of the molecule is COC(=O)c1cc(CSc2nnc(C3CC3)n2Cc2ccccc2)oc1C. The topological polar surface area (TPSA) is 70.2 Å². The molecule has 1 saturated carbocycles. The average molecular weight is 383 g/mol. The number of hydrogen-bond acceptors (Lipinski definition) is 6. The number of furan rings is 1. The highest BCUT2D eigenvalue weighted by Crippen LogP contribution is 2.40. The first-order valence-electron chi connectivity index (χ1n) is 8.93. The van der Waals surface area contributed by atoms with Crippen molar-refractivity contribution in [2.45, 2.75) is 43.1 Å². The molecular weight excluding hydrogens is 362 g/mol. The zero-order valence-electron chi connectivity index (χ0n) is 15.3. The van der Waals surface area contributed by atoms with E-state index in [1.807, 2.05) is 18.2 Å². The van der Waals surface area contributed by atoms with Crippen molar-refractivity contribution in [3.8, 4) is 0 Å². The molecule has 0 aliphatic heterocycles. The van der Waals surface area contributed by atoms with Crippen molar-refractivity contribution in [1.29, 1.82) is 0 Å². The Bertz CT molecular complexity index is 945. The zero-order chi connectivity index (χ0) is 18.8. The van der Waals surface area contributed by atoms with Crippen LogP contribution in [-0.2, 0) is 17.0 Å². The van der Waals surface area contributed by atoms with Crippen LogP contribution in [0.4, 0.5) is 0 Å². The molecule has 1 fully saturated rings. The summed E-state index contributed by atoms with van der Waals surface area (Å²) in [4.78, 5) is 11.7. The molecule has 0 radical (unpaired) electrons. The molecule has 0 unspecified atom stereocenters. The lowest BCUT2D eigenvalue weighted by molar-refractivity contribution is 0.0599. The van der Waals surface area contributed by atoms with Gasteiger partial charge in [0.1, 0.15) is 22.9 Å². The number of rotatable bonds is 7. The molecule has 7 heteroatoms. The van der Waals surface area contributed by atoms with E-state index in [-0.39, 0.29) is 5.97 Å². The Hall–Kier alpha value is -2.54. The van der Waals surface area contributed by atoms with Crippen molar-refractivity contribution in [2.75, 3.05) is 7.11 Å². The van der Waals surface area contributed by atoms with Crippen LogP contribution in [0.2, 0.25) is 0 Å². The fourth-order valence-electron chi connectivity index (χ4n) is 3.03. The number of aryl methyl sites for hydroxylation is 1. The second-order valence-electron chi connectivity index (χ2n) is 6.65. The minimum Gasteiger partial charge on any atom is -0.465 e. The Morgan fingerprint density at radius 3 is 2.78 bits per heavy atom. The first-order valence-corrected chi connectivity index (χ1v) is 9.91. The van der Waals surface area contributed by atoms with Gasteiger partial charge in [0.05, 0.1) is 19.4 Å². The van der Waals surface area contributed by atoms with Crippen LogP contribution in [0.25, 0.3) is 0 Å².